The normalized spacial score (nSPS) is 20.8. The molecule has 1 aromatic heterocycles. The van der Waals surface area contributed by atoms with E-state index in [9.17, 15) is 13.2 Å². The molecular weight excluding hydrogens is 454 g/mol. The van der Waals surface area contributed by atoms with Gasteiger partial charge in [0.15, 0.2) is 0 Å². The average molecular weight is 490 g/mol. The number of thiophene rings is 1. The molecule has 0 bridgehead atoms. The first-order valence-electron chi connectivity index (χ1n) is 12.0. The SMILES string of the molecule is Cc1ccc(S(=O)(=O)N2CCCC(C(=O)Nc3ccccc3CN(C)C3CCCCC3)C2)s1. The molecule has 8 heteroatoms. The Labute approximate surface area is 202 Å². The second-order valence-corrected chi connectivity index (χ2v) is 12.9. The molecule has 4 rings (SSSR count). The molecule has 1 aliphatic heterocycles. The molecule has 6 nitrogen and oxygen atoms in total. The van der Waals surface area contributed by atoms with Crippen LogP contribution in [0.2, 0.25) is 0 Å². The number of anilines is 1. The fraction of sp³-hybridized carbons (Fsp3) is 0.560. The van der Waals surface area contributed by atoms with Crippen LogP contribution in [0.4, 0.5) is 5.69 Å². The summed E-state index contributed by atoms with van der Waals surface area (Å²) in [5.74, 6) is -0.441. The minimum absolute atomic E-state index is 0.0926. The number of carbonyl (C=O) groups is 1. The number of aryl methyl sites for hydroxylation is 1. The van der Waals surface area contributed by atoms with Gasteiger partial charge in [-0.15, -0.1) is 11.3 Å². The summed E-state index contributed by atoms with van der Waals surface area (Å²) in [5, 5.41) is 3.12. The number of rotatable bonds is 7. The van der Waals surface area contributed by atoms with E-state index in [-0.39, 0.29) is 18.4 Å². The minimum atomic E-state index is -3.55. The predicted molar refractivity (Wildman–Crippen MR) is 134 cm³/mol. The van der Waals surface area contributed by atoms with Gasteiger partial charge in [-0.05, 0) is 63.4 Å². The van der Waals surface area contributed by atoms with Gasteiger partial charge in [-0.1, -0.05) is 37.5 Å². The number of nitrogens with one attached hydrogen (secondary N) is 1. The lowest BCUT2D eigenvalue weighted by molar-refractivity contribution is -0.120. The molecule has 0 spiro atoms. The third-order valence-electron chi connectivity index (χ3n) is 6.96. The smallest absolute Gasteiger partial charge is 0.252 e. The van der Waals surface area contributed by atoms with Crippen LogP contribution in [0.5, 0.6) is 0 Å². The Morgan fingerprint density at radius 1 is 1.09 bits per heavy atom. The fourth-order valence-corrected chi connectivity index (χ4v) is 7.95. The Hall–Kier alpha value is -1.74. The topological polar surface area (TPSA) is 69.7 Å². The van der Waals surface area contributed by atoms with E-state index in [0.717, 1.165) is 22.7 Å². The summed E-state index contributed by atoms with van der Waals surface area (Å²) in [7, 11) is -1.38. The quantitative estimate of drug-likeness (QED) is 0.603. The van der Waals surface area contributed by atoms with E-state index < -0.39 is 10.0 Å². The second kappa shape index (κ2) is 10.7. The monoisotopic (exact) mass is 489 g/mol. The van der Waals surface area contributed by atoms with Crippen molar-refractivity contribution in [2.45, 2.75) is 68.7 Å². The first kappa shape index (κ1) is 24.4. The summed E-state index contributed by atoms with van der Waals surface area (Å²) in [6.45, 7) is 3.39. The van der Waals surface area contributed by atoms with Crippen molar-refractivity contribution < 1.29 is 13.2 Å². The highest BCUT2D eigenvalue weighted by molar-refractivity contribution is 7.91. The van der Waals surface area contributed by atoms with Gasteiger partial charge in [0.25, 0.3) is 10.0 Å². The number of sulfonamides is 1. The van der Waals surface area contributed by atoms with Crippen molar-refractivity contribution in [3.8, 4) is 0 Å². The van der Waals surface area contributed by atoms with Crippen molar-refractivity contribution >= 4 is 33.0 Å². The third kappa shape index (κ3) is 5.85. The zero-order valence-electron chi connectivity index (χ0n) is 19.6. The Balaban J connectivity index is 1.42. The maximum atomic E-state index is 13.2. The molecule has 180 valence electrons. The largest absolute Gasteiger partial charge is 0.326 e. The van der Waals surface area contributed by atoms with Crippen molar-refractivity contribution in [3.05, 3.63) is 46.8 Å². The van der Waals surface area contributed by atoms with Crippen LogP contribution in [-0.4, -0.2) is 49.7 Å². The highest BCUT2D eigenvalue weighted by atomic mass is 32.2. The lowest BCUT2D eigenvalue weighted by atomic mass is 9.94. The van der Waals surface area contributed by atoms with E-state index in [0.29, 0.717) is 29.6 Å². The van der Waals surface area contributed by atoms with Gasteiger partial charge in [0, 0.05) is 36.2 Å². The number of benzene rings is 1. The summed E-state index contributed by atoms with van der Waals surface area (Å²) >= 11 is 1.28. The predicted octanol–water partition coefficient (Wildman–Crippen LogP) is 4.86. The number of hydrogen-bond acceptors (Lipinski definition) is 5. The number of amides is 1. The second-order valence-electron chi connectivity index (χ2n) is 9.42. The van der Waals surface area contributed by atoms with Gasteiger partial charge in [0.05, 0.1) is 5.92 Å². The van der Waals surface area contributed by atoms with E-state index in [2.05, 4.69) is 23.3 Å². The summed E-state index contributed by atoms with van der Waals surface area (Å²) in [5.41, 5.74) is 1.94. The molecule has 1 saturated heterocycles. The molecule has 1 atom stereocenters. The van der Waals surface area contributed by atoms with Gasteiger partial charge in [0.2, 0.25) is 5.91 Å². The maximum Gasteiger partial charge on any atom is 0.252 e. The Kier molecular flexibility index (Phi) is 7.89. The van der Waals surface area contributed by atoms with Crippen LogP contribution in [0.1, 0.15) is 55.4 Å². The molecule has 1 N–H and O–H groups in total. The van der Waals surface area contributed by atoms with Crippen LogP contribution >= 0.6 is 11.3 Å². The molecular formula is C25H35N3O3S2. The van der Waals surface area contributed by atoms with E-state index in [1.165, 1.54) is 47.7 Å². The summed E-state index contributed by atoms with van der Waals surface area (Å²) in [6.07, 6.45) is 7.78. The van der Waals surface area contributed by atoms with Gasteiger partial charge >= 0.3 is 0 Å². The average Bonchev–Trinajstić information content (AvgIpc) is 3.28. The van der Waals surface area contributed by atoms with Crippen LogP contribution < -0.4 is 5.32 Å². The molecule has 1 unspecified atom stereocenters. The minimum Gasteiger partial charge on any atom is -0.326 e. The van der Waals surface area contributed by atoms with Crippen molar-refractivity contribution in [2.75, 3.05) is 25.5 Å². The van der Waals surface area contributed by atoms with E-state index in [1.807, 2.05) is 31.2 Å². The Morgan fingerprint density at radius 2 is 1.85 bits per heavy atom. The van der Waals surface area contributed by atoms with E-state index in [1.54, 1.807) is 6.07 Å². The van der Waals surface area contributed by atoms with Crippen LogP contribution in [-0.2, 0) is 21.4 Å². The maximum absolute atomic E-state index is 13.2. The van der Waals surface area contributed by atoms with Crippen molar-refractivity contribution in [1.82, 2.24) is 9.21 Å². The van der Waals surface area contributed by atoms with Crippen LogP contribution in [0.3, 0.4) is 0 Å². The lowest BCUT2D eigenvalue weighted by Crippen LogP contribution is -2.43. The first-order chi connectivity index (χ1) is 15.8. The first-order valence-corrected chi connectivity index (χ1v) is 14.3. The number of para-hydroxylation sites is 1. The van der Waals surface area contributed by atoms with Gasteiger partial charge in [-0.3, -0.25) is 9.69 Å². The third-order valence-corrected chi connectivity index (χ3v) is 10.3. The zero-order chi connectivity index (χ0) is 23.4. The Bertz CT molecular complexity index is 1060. The molecule has 2 aromatic rings. The van der Waals surface area contributed by atoms with E-state index in [4.69, 9.17) is 0 Å². The highest BCUT2D eigenvalue weighted by Gasteiger charge is 2.34. The van der Waals surface area contributed by atoms with E-state index >= 15 is 0 Å². The summed E-state index contributed by atoms with van der Waals surface area (Å²) in [6, 6.07) is 12.1. The summed E-state index contributed by atoms with van der Waals surface area (Å²) < 4.78 is 27.9. The Morgan fingerprint density at radius 3 is 2.58 bits per heavy atom. The highest BCUT2D eigenvalue weighted by Crippen LogP contribution is 2.29. The van der Waals surface area contributed by atoms with Gasteiger partial charge in [0.1, 0.15) is 4.21 Å². The van der Waals surface area contributed by atoms with Gasteiger partial charge in [-0.25, -0.2) is 8.42 Å². The molecule has 33 heavy (non-hydrogen) atoms. The lowest BCUT2D eigenvalue weighted by Gasteiger charge is -2.32. The zero-order valence-corrected chi connectivity index (χ0v) is 21.3. The molecule has 2 aliphatic rings. The molecule has 0 radical (unpaired) electrons. The molecule has 1 aromatic carbocycles. The van der Waals surface area contributed by atoms with Crippen LogP contribution in [0.15, 0.2) is 40.6 Å². The molecule has 2 fully saturated rings. The van der Waals surface area contributed by atoms with Gasteiger partial charge < -0.3 is 5.32 Å². The molecule has 2 heterocycles. The standard InChI is InChI=1S/C25H35N3O3S2/c1-19-14-15-24(32-19)33(30,31)28-16-8-10-21(18-28)25(29)26-23-13-7-6-9-20(23)17-27(2)22-11-4-3-5-12-22/h6-7,9,13-15,21-22H,3-5,8,10-12,16-18H2,1-2H3,(H,26,29). The van der Waals surface area contributed by atoms with Crippen molar-refractivity contribution in [3.63, 3.8) is 0 Å². The van der Waals surface area contributed by atoms with Gasteiger partial charge in [-0.2, -0.15) is 4.31 Å². The van der Waals surface area contributed by atoms with Crippen LogP contribution in [0, 0.1) is 12.8 Å². The van der Waals surface area contributed by atoms with Crippen molar-refractivity contribution in [2.24, 2.45) is 5.92 Å². The molecule has 1 aliphatic carbocycles. The number of carbonyl (C=O) groups excluding carboxylic acids is 1. The van der Waals surface area contributed by atoms with Crippen LogP contribution in [0.25, 0.3) is 0 Å². The molecule has 1 saturated carbocycles. The van der Waals surface area contributed by atoms with Crippen molar-refractivity contribution in [1.29, 1.82) is 0 Å². The number of hydrogen-bond donors (Lipinski definition) is 1. The fourth-order valence-electron chi connectivity index (χ4n) is 4.99. The molecule has 1 amide bonds. The summed E-state index contributed by atoms with van der Waals surface area (Å²) in [4.78, 5) is 16.5. The number of nitrogens with zero attached hydrogens (tertiary/aromatic N) is 2. The number of piperidine rings is 1.